The maximum atomic E-state index is 11.2. The molecular formula is C13H19ClN2O. The van der Waals surface area contributed by atoms with E-state index in [0.717, 1.165) is 13.0 Å². The van der Waals surface area contributed by atoms with Crippen molar-refractivity contribution in [1.29, 1.82) is 0 Å². The van der Waals surface area contributed by atoms with Crippen LogP contribution < -0.4 is 10.2 Å². The Balaban J connectivity index is 2.21. The molecule has 0 fully saturated rings. The van der Waals surface area contributed by atoms with Crippen LogP contribution in [0.4, 0.5) is 5.69 Å². The molecule has 0 heterocycles. The van der Waals surface area contributed by atoms with Gasteiger partial charge in [-0.05, 0) is 25.5 Å². The van der Waals surface area contributed by atoms with E-state index in [9.17, 15) is 4.79 Å². The van der Waals surface area contributed by atoms with Gasteiger partial charge in [0.1, 0.15) is 5.38 Å². The number of alkyl halides is 1. The summed E-state index contributed by atoms with van der Waals surface area (Å²) in [7, 11) is 2.04. The van der Waals surface area contributed by atoms with Crippen LogP contribution in [0.3, 0.4) is 0 Å². The Labute approximate surface area is 108 Å². The lowest BCUT2D eigenvalue weighted by Crippen LogP contribution is -2.32. The average Bonchev–Trinajstić information content (AvgIpc) is 2.35. The second-order valence-electron chi connectivity index (χ2n) is 4.02. The van der Waals surface area contributed by atoms with Gasteiger partial charge in [0, 0.05) is 25.8 Å². The smallest absolute Gasteiger partial charge is 0.237 e. The van der Waals surface area contributed by atoms with Crippen molar-refractivity contribution in [3.8, 4) is 0 Å². The molecule has 1 aromatic carbocycles. The van der Waals surface area contributed by atoms with E-state index in [0.29, 0.717) is 6.54 Å². The van der Waals surface area contributed by atoms with Crippen LogP contribution in [0, 0.1) is 0 Å². The van der Waals surface area contributed by atoms with Crippen molar-refractivity contribution in [2.75, 3.05) is 25.0 Å². The van der Waals surface area contributed by atoms with E-state index in [1.54, 1.807) is 6.92 Å². The molecule has 1 unspecified atom stereocenters. The Morgan fingerprint density at radius 3 is 2.65 bits per heavy atom. The van der Waals surface area contributed by atoms with Gasteiger partial charge >= 0.3 is 0 Å². The van der Waals surface area contributed by atoms with Crippen molar-refractivity contribution in [3.05, 3.63) is 30.3 Å². The molecule has 0 aliphatic heterocycles. The molecule has 94 valence electrons. The van der Waals surface area contributed by atoms with Crippen LogP contribution in [0.15, 0.2) is 30.3 Å². The molecule has 0 saturated heterocycles. The molecular weight excluding hydrogens is 236 g/mol. The van der Waals surface area contributed by atoms with Gasteiger partial charge in [-0.25, -0.2) is 0 Å². The van der Waals surface area contributed by atoms with E-state index in [1.165, 1.54) is 5.69 Å². The molecule has 4 heteroatoms. The summed E-state index contributed by atoms with van der Waals surface area (Å²) in [6.07, 6.45) is 0.904. The SMILES string of the molecule is CC(Cl)C(=O)NCCCN(C)c1ccccc1. The molecule has 1 N–H and O–H groups in total. The standard InChI is InChI=1S/C13H19ClN2O/c1-11(14)13(17)15-9-6-10-16(2)12-7-4-3-5-8-12/h3-5,7-8,11H,6,9-10H2,1-2H3,(H,15,17). The lowest BCUT2D eigenvalue weighted by Gasteiger charge is -2.19. The van der Waals surface area contributed by atoms with Gasteiger partial charge in [0.2, 0.25) is 5.91 Å². The Kier molecular flexibility index (Phi) is 5.84. The highest BCUT2D eigenvalue weighted by molar-refractivity contribution is 6.30. The van der Waals surface area contributed by atoms with Crippen LogP contribution in [0.5, 0.6) is 0 Å². The molecule has 0 aromatic heterocycles. The first-order valence-corrected chi connectivity index (χ1v) is 6.23. The number of amides is 1. The number of anilines is 1. The summed E-state index contributed by atoms with van der Waals surface area (Å²) in [5, 5.41) is 2.33. The molecule has 0 aliphatic rings. The van der Waals surface area contributed by atoms with E-state index in [2.05, 4.69) is 22.3 Å². The van der Waals surface area contributed by atoms with Crippen LogP contribution >= 0.6 is 11.6 Å². The summed E-state index contributed by atoms with van der Waals surface area (Å²) in [6, 6.07) is 10.2. The van der Waals surface area contributed by atoms with Gasteiger partial charge in [-0.15, -0.1) is 11.6 Å². The number of para-hydroxylation sites is 1. The highest BCUT2D eigenvalue weighted by Gasteiger charge is 2.07. The molecule has 0 radical (unpaired) electrons. The molecule has 3 nitrogen and oxygen atoms in total. The highest BCUT2D eigenvalue weighted by atomic mass is 35.5. The molecule has 1 rings (SSSR count). The first-order chi connectivity index (χ1) is 8.11. The number of hydrogen-bond acceptors (Lipinski definition) is 2. The predicted octanol–water partition coefficient (Wildman–Crippen LogP) is 2.26. The monoisotopic (exact) mass is 254 g/mol. The fourth-order valence-electron chi connectivity index (χ4n) is 1.48. The molecule has 0 spiro atoms. The van der Waals surface area contributed by atoms with Crippen LogP contribution in [-0.2, 0) is 4.79 Å². The minimum Gasteiger partial charge on any atom is -0.375 e. The van der Waals surface area contributed by atoms with Gasteiger partial charge in [-0.2, -0.15) is 0 Å². The number of benzene rings is 1. The minimum absolute atomic E-state index is 0.103. The molecule has 0 bridgehead atoms. The topological polar surface area (TPSA) is 32.3 Å². The average molecular weight is 255 g/mol. The molecule has 1 amide bonds. The van der Waals surface area contributed by atoms with E-state index in [1.807, 2.05) is 25.2 Å². The Morgan fingerprint density at radius 1 is 1.41 bits per heavy atom. The number of nitrogens with one attached hydrogen (secondary N) is 1. The highest BCUT2D eigenvalue weighted by Crippen LogP contribution is 2.10. The van der Waals surface area contributed by atoms with Crippen molar-refractivity contribution < 1.29 is 4.79 Å². The van der Waals surface area contributed by atoms with Crippen LogP contribution in [0.1, 0.15) is 13.3 Å². The zero-order chi connectivity index (χ0) is 12.7. The van der Waals surface area contributed by atoms with Crippen molar-refractivity contribution in [2.45, 2.75) is 18.7 Å². The van der Waals surface area contributed by atoms with E-state index in [-0.39, 0.29) is 5.91 Å². The quantitative estimate of drug-likeness (QED) is 0.624. The molecule has 1 aromatic rings. The number of carbonyl (C=O) groups is 1. The zero-order valence-electron chi connectivity index (χ0n) is 10.3. The van der Waals surface area contributed by atoms with Gasteiger partial charge < -0.3 is 10.2 Å². The van der Waals surface area contributed by atoms with Gasteiger partial charge in [0.05, 0.1) is 0 Å². The number of carbonyl (C=O) groups excluding carboxylic acids is 1. The molecule has 0 aliphatic carbocycles. The van der Waals surface area contributed by atoms with Gasteiger partial charge in [-0.1, -0.05) is 18.2 Å². The fourth-order valence-corrected chi connectivity index (χ4v) is 1.56. The van der Waals surface area contributed by atoms with Crippen molar-refractivity contribution in [3.63, 3.8) is 0 Å². The number of halogens is 1. The second kappa shape index (κ2) is 7.17. The van der Waals surface area contributed by atoms with E-state index in [4.69, 9.17) is 11.6 Å². The summed E-state index contributed by atoms with van der Waals surface area (Å²) in [5.41, 5.74) is 1.18. The summed E-state index contributed by atoms with van der Waals surface area (Å²) in [6.45, 7) is 3.24. The van der Waals surface area contributed by atoms with E-state index >= 15 is 0 Å². The van der Waals surface area contributed by atoms with E-state index < -0.39 is 5.38 Å². The lowest BCUT2D eigenvalue weighted by molar-refractivity contribution is -0.120. The maximum Gasteiger partial charge on any atom is 0.237 e. The summed E-state index contributed by atoms with van der Waals surface area (Å²) in [4.78, 5) is 13.4. The van der Waals surface area contributed by atoms with Gasteiger partial charge in [-0.3, -0.25) is 4.79 Å². The van der Waals surface area contributed by atoms with Crippen LogP contribution in [-0.4, -0.2) is 31.4 Å². The second-order valence-corrected chi connectivity index (χ2v) is 4.67. The maximum absolute atomic E-state index is 11.2. The van der Waals surface area contributed by atoms with Gasteiger partial charge in [0.15, 0.2) is 0 Å². The van der Waals surface area contributed by atoms with Crippen LogP contribution in [0.2, 0.25) is 0 Å². The number of hydrogen-bond donors (Lipinski definition) is 1. The Bertz CT molecular complexity index is 341. The van der Waals surface area contributed by atoms with Crippen LogP contribution in [0.25, 0.3) is 0 Å². The fraction of sp³-hybridized carbons (Fsp3) is 0.462. The summed E-state index contributed by atoms with van der Waals surface area (Å²) >= 11 is 5.64. The van der Waals surface area contributed by atoms with Crippen molar-refractivity contribution >= 4 is 23.2 Å². The third-order valence-corrected chi connectivity index (χ3v) is 2.73. The third kappa shape index (κ3) is 5.09. The first-order valence-electron chi connectivity index (χ1n) is 5.79. The summed E-state index contributed by atoms with van der Waals surface area (Å²) < 4.78 is 0. The largest absolute Gasteiger partial charge is 0.375 e. The minimum atomic E-state index is -0.457. The molecule has 0 saturated carbocycles. The number of rotatable bonds is 6. The molecule has 17 heavy (non-hydrogen) atoms. The third-order valence-electron chi connectivity index (χ3n) is 2.53. The van der Waals surface area contributed by atoms with Crippen molar-refractivity contribution in [2.24, 2.45) is 0 Å². The molecule has 1 atom stereocenters. The Hall–Kier alpha value is -1.22. The normalized spacial score (nSPS) is 11.9. The zero-order valence-corrected chi connectivity index (χ0v) is 11.1. The summed E-state index contributed by atoms with van der Waals surface area (Å²) in [5.74, 6) is -0.103. The van der Waals surface area contributed by atoms with Gasteiger partial charge in [0.25, 0.3) is 0 Å². The Morgan fingerprint density at radius 2 is 2.06 bits per heavy atom. The number of nitrogens with zero attached hydrogens (tertiary/aromatic N) is 1. The first kappa shape index (κ1) is 13.8. The predicted molar refractivity (Wildman–Crippen MR) is 72.7 cm³/mol. The van der Waals surface area contributed by atoms with Crippen molar-refractivity contribution in [1.82, 2.24) is 5.32 Å². The lowest BCUT2D eigenvalue weighted by atomic mass is 10.3.